The molecule has 1 aliphatic rings. The maximum atomic E-state index is 12.1. The average Bonchev–Trinajstić information content (AvgIpc) is 3.06. The maximum absolute atomic E-state index is 12.1. The van der Waals surface area contributed by atoms with Crippen LogP contribution in [0, 0.1) is 0 Å². The van der Waals surface area contributed by atoms with Crippen molar-refractivity contribution in [2.24, 2.45) is 0 Å². The van der Waals surface area contributed by atoms with Gasteiger partial charge in [0.05, 0.1) is 11.4 Å². The Morgan fingerprint density at radius 2 is 1.92 bits per heavy atom. The molecule has 0 saturated heterocycles. The Hall–Kier alpha value is -2.29. The van der Waals surface area contributed by atoms with Crippen molar-refractivity contribution < 1.29 is 22.7 Å². The van der Waals surface area contributed by atoms with E-state index >= 15 is 0 Å². The van der Waals surface area contributed by atoms with E-state index in [1.807, 2.05) is 0 Å². The van der Waals surface area contributed by atoms with Gasteiger partial charge < -0.3 is 14.8 Å². The number of amides is 1. The minimum Gasteiger partial charge on any atom is -0.454 e. The van der Waals surface area contributed by atoms with Gasteiger partial charge in [-0.2, -0.15) is 0 Å². The highest BCUT2D eigenvalue weighted by Crippen LogP contribution is 2.32. The van der Waals surface area contributed by atoms with E-state index in [-0.39, 0.29) is 24.8 Å². The Morgan fingerprint density at radius 3 is 2.72 bits per heavy atom. The van der Waals surface area contributed by atoms with Gasteiger partial charge in [-0.15, -0.1) is 0 Å². The van der Waals surface area contributed by atoms with Crippen LogP contribution in [0.25, 0.3) is 0 Å². The van der Waals surface area contributed by atoms with Gasteiger partial charge >= 0.3 is 0 Å². The molecule has 7 nitrogen and oxygen atoms in total. The zero-order chi connectivity index (χ0) is 17.9. The fourth-order valence-electron chi connectivity index (χ4n) is 2.19. The van der Waals surface area contributed by atoms with E-state index in [0.29, 0.717) is 16.5 Å². The van der Waals surface area contributed by atoms with Crippen LogP contribution >= 0.6 is 11.6 Å². The van der Waals surface area contributed by atoms with Gasteiger partial charge in [-0.1, -0.05) is 23.7 Å². The van der Waals surface area contributed by atoms with Crippen LogP contribution in [0.2, 0.25) is 5.02 Å². The molecular weight excluding hydrogens is 368 g/mol. The predicted molar refractivity (Wildman–Crippen MR) is 91.1 cm³/mol. The predicted octanol–water partition coefficient (Wildman–Crippen LogP) is 1.66. The van der Waals surface area contributed by atoms with Crippen LogP contribution in [-0.2, 0) is 21.4 Å². The van der Waals surface area contributed by atoms with E-state index in [1.165, 1.54) is 18.2 Å². The first-order chi connectivity index (χ1) is 11.9. The third-order valence-corrected chi connectivity index (χ3v) is 5.09. The summed E-state index contributed by atoms with van der Waals surface area (Å²) in [6.45, 7) is 0.0458. The molecule has 25 heavy (non-hydrogen) atoms. The highest BCUT2D eigenvalue weighted by Gasteiger charge is 2.16. The number of hydrogen-bond donors (Lipinski definition) is 2. The van der Waals surface area contributed by atoms with E-state index in [1.54, 1.807) is 24.3 Å². The molecule has 9 heteroatoms. The summed E-state index contributed by atoms with van der Waals surface area (Å²) in [6.07, 6.45) is 0. The first kappa shape index (κ1) is 17.5. The average molecular weight is 383 g/mol. The highest BCUT2D eigenvalue weighted by molar-refractivity contribution is 7.89. The van der Waals surface area contributed by atoms with Crippen molar-refractivity contribution in [1.82, 2.24) is 10.0 Å². The van der Waals surface area contributed by atoms with Gasteiger partial charge in [-0.05, 0) is 35.9 Å². The van der Waals surface area contributed by atoms with Gasteiger partial charge in [0.25, 0.3) is 0 Å². The Bertz CT molecular complexity index is 901. The molecule has 1 amide bonds. The van der Waals surface area contributed by atoms with E-state index < -0.39 is 15.9 Å². The number of benzene rings is 2. The Labute approximate surface area is 149 Å². The molecule has 0 fully saturated rings. The second-order valence-electron chi connectivity index (χ2n) is 5.25. The Balaban J connectivity index is 1.53. The monoisotopic (exact) mass is 382 g/mol. The van der Waals surface area contributed by atoms with Crippen LogP contribution in [-0.4, -0.2) is 27.7 Å². The molecule has 2 N–H and O–H groups in total. The van der Waals surface area contributed by atoms with Crippen molar-refractivity contribution in [3.63, 3.8) is 0 Å². The smallest absolute Gasteiger partial charge is 0.241 e. The largest absolute Gasteiger partial charge is 0.454 e. The summed E-state index contributed by atoms with van der Waals surface area (Å²) in [7, 11) is -3.80. The van der Waals surface area contributed by atoms with E-state index in [4.69, 9.17) is 21.1 Å². The number of nitrogens with one attached hydrogen (secondary N) is 2. The van der Waals surface area contributed by atoms with Crippen LogP contribution in [0.1, 0.15) is 5.56 Å². The summed E-state index contributed by atoms with van der Waals surface area (Å²) in [6, 6.07) is 11.1. The summed E-state index contributed by atoms with van der Waals surface area (Å²) >= 11 is 5.78. The minimum absolute atomic E-state index is 0.00331. The topological polar surface area (TPSA) is 93.7 Å². The summed E-state index contributed by atoms with van der Waals surface area (Å²) in [5, 5.41) is 2.94. The molecule has 0 atom stereocenters. The lowest BCUT2D eigenvalue weighted by Crippen LogP contribution is -2.36. The number of rotatable bonds is 6. The second-order valence-corrected chi connectivity index (χ2v) is 7.45. The number of carbonyl (C=O) groups excluding carboxylic acids is 1. The molecule has 0 aromatic heterocycles. The molecule has 0 aliphatic carbocycles. The quantitative estimate of drug-likeness (QED) is 0.792. The lowest BCUT2D eigenvalue weighted by atomic mass is 10.2. The maximum Gasteiger partial charge on any atom is 0.241 e. The van der Waals surface area contributed by atoms with Gasteiger partial charge in [-0.25, -0.2) is 13.1 Å². The van der Waals surface area contributed by atoms with Crippen molar-refractivity contribution in [3.05, 3.63) is 53.1 Å². The van der Waals surface area contributed by atoms with Crippen molar-refractivity contribution in [3.8, 4) is 11.5 Å². The lowest BCUT2D eigenvalue weighted by molar-refractivity contribution is -0.120. The van der Waals surface area contributed by atoms with E-state index in [2.05, 4.69) is 10.0 Å². The van der Waals surface area contributed by atoms with Crippen molar-refractivity contribution in [1.29, 1.82) is 0 Å². The van der Waals surface area contributed by atoms with Gasteiger partial charge in [-0.3, -0.25) is 4.79 Å². The molecule has 2 aromatic rings. The van der Waals surface area contributed by atoms with Crippen molar-refractivity contribution in [2.45, 2.75) is 11.4 Å². The van der Waals surface area contributed by atoms with Crippen LogP contribution in [0.4, 0.5) is 0 Å². The summed E-state index contributed by atoms with van der Waals surface area (Å²) < 4.78 is 36.9. The third-order valence-electron chi connectivity index (χ3n) is 3.46. The summed E-state index contributed by atoms with van der Waals surface area (Å²) in [4.78, 5) is 11.9. The molecular formula is C16H15ClN2O5S. The molecule has 0 radical (unpaired) electrons. The lowest BCUT2D eigenvalue weighted by Gasteiger charge is -2.08. The molecule has 0 spiro atoms. The zero-order valence-corrected chi connectivity index (χ0v) is 14.6. The van der Waals surface area contributed by atoms with Gasteiger partial charge in [0.15, 0.2) is 11.5 Å². The van der Waals surface area contributed by atoms with Crippen molar-refractivity contribution >= 4 is 27.5 Å². The van der Waals surface area contributed by atoms with E-state index in [0.717, 1.165) is 5.56 Å². The number of sulfonamides is 1. The van der Waals surface area contributed by atoms with Crippen molar-refractivity contribution in [2.75, 3.05) is 13.3 Å². The molecule has 0 saturated carbocycles. The molecule has 132 valence electrons. The molecule has 0 unspecified atom stereocenters. The van der Waals surface area contributed by atoms with Crippen LogP contribution in [0.15, 0.2) is 47.4 Å². The van der Waals surface area contributed by atoms with Gasteiger partial charge in [0.1, 0.15) is 0 Å². The second kappa shape index (κ2) is 7.30. The van der Waals surface area contributed by atoms with E-state index in [9.17, 15) is 13.2 Å². The van der Waals surface area contributed by atoms with Gasteiger partial charge in [0.2, 0.25) is 22.7 Å². The van der Waals surface area contributed by atoms with Crippen LogP contribution < -0.4 is 19.5 Å². The number of hydrogen-bond acceptors (Lipinski definition) is 5. The summed E-state index contributed by atoms with van der Waals surface area (Å²) in [5.41, 5.74) is 0.815. The normalized spacial score (nSPS) is 12.8. The fourth-order valence-corrected chi connectivity index (χ4v) is 3.47. The highest BCUT2D eigenvalue weighted by atomic mass is 35.5. The van der Waals surface area contributed by atoms with Gasteiger partial charge in [0, 0.05) is 11.6 Å². The first-order valence-electron chi connectivity index (χ1n) is 7.34. The minimum atomic E-state index is -3.80. The molecule has 3 rings (SSSR count). The third kappa shape index (κ3) is 4.41. The van der Waals surface area contributed by atoms with Crippen LogP contribution in [0.3, 0.4) is 0 Å². The SMILES string of the molecule is O=C(CNS(=O)(=O)c1cccc(Cl)c1)NCc1ccc2c(c1)OCO2. The summed E-state index contributed by atoms with van der Waals surface area (Å²) in [5.74, 6) is 0.820. The molecule has 0 bridgehead atoms. The Morgan fingerprint density at radius 1 is 1.12 bits per heavy atom. The first-order valence-corrected chi connectivity index (χ1v) is 9.21. The number of ether oxygens (including phenoxy) is 2. The number of halogens is 1. The number of fused-ring (bicyclic) bond motifs is 1. The van der Waals surface area contributed by atoms with Crippen LogP contribution in [0.5, 0.6) is 11.5 Å². The zero-order valence-electron chi connectivity index (χ0n) is 13.0. The number of carbonyl (C=O) groups is 1. The fraction of sp³-hybridized carbons (Fsp3) is 0.188. The molecule has 1 aliphatic heterocycles. The molecule has 1 heterocycles. The Kier molecular flexibility index (Phi) is 5.12. The molecule has 2 aromatic carbocycles. The standard InChI is InChI=1S/C16H15ClN2O5S/c17-12-2-1-3-13(7-12)25(21,22)19-9-16(20)18-8-11-4-5-14-15(6-11)24-10-23-14/h1-7,19H,8-10H2,(H,18,20).